The number of piperidine rings is 1. The molecule has 1 aliphatic rings. The molecule has 0 aliphatic carbocycles. The van der Waals surface area contributed by atoms with Crippen LogP contribution in [0.5, 0.6) is 0 Å². The summed E-state index contributed by atoms with van der Waals surface area (Å²) in [6.07, 6.45) is 4.95. The lowest BCUT2D eigenvalue weighted by molar-refractivity contribution is -0.123. The van der Waals surface area contributed by atoms with Crippen LogP contribution in [-0.4, -0.2) is 25.0 Å². The van der Waals surface area contributed by atoms with E-state index >= 15 is 0 Å². The molecule has 0 bridgehead atoms. The molecule has 2 N–H and O–H groups in total. The lowest BCUT2D eigenvalue weighted by Gasteiger charge is -2.22. The first-order valence-electron chi connectivity index (χ1n) is 7.12. The molecule has 1 aliphatic heterocycles. The van der Waals surface area contributed by atoms with Crippen LogP contribution in [0.3, 0.4) is 0 Å². The average molecular weight is 352 g/mol. The summed E-state index contributed by atoms with van der Waals surface area (Å²) in [6, 6.07) is 5.52. The average Bonchev–Trinajstić information content (AvgIpc) is 2.46. The minimum Gasteiger partial charge on any atom is -0.355 e. The summed E-state index contributed by atoms with van der Waals surface area (Å²) in [5, 5.41) is 7.57. The van der Waals surface area contributed by atoms with Gasteiger partial charge >= 0.3 is 0 Å². The molecule has 0 aromatic heterocycles. The minimum absolute atomic E-state index is 0. The SMILES string of the molecule is Cl.O=C(NCCCc1ccc(Cl)cc1Cl)C1CCCCN1. The van der Waals surface area contributed by atoms with Crippen molar-refractivity contribution in [2.24, 2.45) is 0 Å². The standard InChI is InChI=1S/C15H20Cl2N2O.ClH/c16-12-7-6-11(13(17)10-12)4-3-9-19-15(20)14-5-1-2-8-18-14;/h6-7,10,14,18H,1-5,8-9H2,(H,19,20);1H. The predicted molar refractivity (Wildman–Crippen MR) is 90.7 cm³/mol. The molecule has 6 heteroatoms. The number of hydrogen-bond donors (Lipinski definition) is 2. The molecule has 0 radical (unpaired) electrons. The number of amides is 1. The van der Waals surface area contributed by atoms with Crippen LogP contribution in [-0.2, 0) is 11.2 Å². The van der Waals surface area contributed by atoms with Crippen LogP contribution in [0.15, 0.2) is 18.2 Å². The van der Waals surface area contributed by atoms with Gasteiger partial charge in [-0.25, -0.2) is 0 Å². The van der Waals surface area contributed by atoms with E-state index in [-0.39, 0.29) is 24.4 Å². The zero-order chi connectivity index (χ0) is 14.4. The van der Waals surface area contributed by atoms with Gasteiger partial charge < -0.3 is 10.6 Å². The third kappa shape index (κ3) is 6.03. The van der Waals surface area contributed by atoms with Crippen LogP contribution in [0.25, 0.3) is 0 Å². The Morgan fingerprint density at radius 2 is 2.14 bits per heavy atom. The molecule has 0 saturated carbocycles. The van der Waals surface area contributed by atoms with Crippen molar-refractivity contribution in [3.05, 3.63) is 33.8 Å². The second kappa shape index (κ2) is 9.52. The fraction of sp³-hybridized carbons (Fsp3) is 0.533. The molecular formula is C15H21Cl3N2O. The lowest BCUT2D eigenvalue weighted by atomic mass is 10.0. The zero-order valence-electron chi connectivity index (χ0n) is 11.8. The van der Waals surface area contributed by atoms with Crippen molar-refractivity contribution < 1.29 is 4.79 Å². The summed E-state index contributed by atoms with van der Waals surface area (Å²) < 4.78 is 0. The van der Waals surface area contributed by atoms with Crippen LogP contribution in [0.1, 0.15) is 31.2 Å². The molecule has 1 saturated heterocycles. The Hall–Kier alpha value is -0.480. The molecule has 1 unspecified atom stereocenters. The fourth-order valence-electron chi connectivity index (χ4n) is 2.41. The summed E-state index contributed by atoms with van der Waals surface area (Å²) in [6.45, 7) is 1.62. The Balaban J connectivity index is 0.00000220. The predicted octanol–water partition coefficient (Wildman–Crippen LogP) is 3.61. The molecule has 2 rings (SSSR count). The second-order valence-corrected chi connectivity index (χ2v) is 5.98. The van der Waals surface area contributed by atoms with E-state index in [1.165, 1.54) is 6.42 Å². The lowest BCUT2D eigenvalue weighted by Crippen LogP contribution is -2.46. The Morgan fingerprint density at radius 1 is 1.33 bits per heavy atom. The molecule has 1 amide bonds. The number of carbonyl (C=O) groups excluding carboxylic acids is 1. The zero-order valence-corrected chi connectivity index (χ0v) is 14.2. The second-order valence-electron chi connectivity index (χ2n) is 5.13. The maximum Gasteiger partial charge on any atom is 0.237 e. The quantitative estimate of drug-likeness (QED) is 0.796. The first-order valence-corrected chi connectivity index (χ1v) is 7.87. The van der Waals surface area contributed by atoms with Crippen LogP contribution in [0, 0.1) is 0 Å². The highest BCUT2D eigenvalue weighted by molar-refractivity contribution is 6.35. The van der Waals surface area contributed by atoms with Gasteiger partial charge in [-0.2, -0.15) is 0 Å². The first kappa shape index (κ1) is 18.6. The minimum atomic E-state index is -0.0112. The maximum absolute atomic E-state index is 11.9. The van der Waals surface area contributed by atoms with Crippen molar-refractivity contribution >= 4 is 41.5 Å². The van der Waals surface area contributed by atoms with E-state index in [2.05, 4.69) is 10.6 Å². The van der Waals surface area contributed by atoms with Crippen molar-refractivity contribution in [1.82, 2.24) is 10.6 Å². The van der Waals surface area contributed by atoms with Gasteiger partial charge in [-0.1, -0.05) is 35.7 Å². The Kier molecular flexibility index (Phi) is 8.42. The number of halogens is 3. The Bertz CT molecular complexity index is 462. The molecule has 118 valence electrons. The van der Waals surface area contributed by atoms with Gasteiger partial charge in [0.1, 0.15) is 0 Å². The Labute approximate surface area is 142 Å². The van der Waals surface area contributed by atoms with Gasteiger partial charge in [0.25, 0.3) is 0 Å². The van der Waals surface area contributed by atoms with Gasteiger partial charge in [-0.05, 0) is 49.9 Å². The van der Waals surface area contributed by atoms with Gasteiger partial charge in [0.15, 0.2) is 0 Å². The van der Waals surface area contributed by atoms with E-state index in [0.29, 0.717) is 16.6 Å². The molecule has 1 atom stereocenters. The largest absolute Gasteiger partial charge is 0.355 e. The smallest absolute Gasteiger partial charge is 0.237 e. The summed E-state index contributed by atoms with van der Waals surface area (Å²) in [5.74, 6) is 0.118. The van der Waals surface area contributed by atoms with Crippen molar-refractivity contribution in [3.63, 3.8) is 0 Å². The van der Waals surface area contributed by atoms with Crippen LogP contribution < -0.4 is 10.6 Å². The van der Waals surface area contributed by atoms with E-state index in [1.807, 2.05) is 12.1 Å². The molecule has 3 nitrogen and oxygen atoms in total. The van der Waals surface area contributed by atoms with E-state index in [0.717, 1.165) is 37.8 Å². The van der Waals surface area contributed by atoms with Crippen LogP contribution in [0.2, 0.25) is 10.0 Å². The molecule has 1 fully saturated rings. The molecule has 1 aromatic carbocycles. The third-order valence-corrected chi connectivity index (χ3v) is 4.15. The highest BCUT2D eigenvalue weighted by atomic mass is 35.5. The highest BCUT2D eigenvalue weighted by Crippen LogP contribution is 2.21. The van der Waals surface area contributed by atoms with Gasteiger partial charge in [0.05, 0.1) is 6.04 Å². The molecule has 21 heavy (non-hydrogen) atoms. The number of aryl methyl sites for hydroxylation is 1. The van der Waals surface area contributed by atoms with Crippen molar-refractivity contribution in [1.29, 1.82) is 0 Å². The number of rotatable bonds is 5. The number of hydrogen-bond acceptors (Lipinski definition) is 2. The fourth-order valence-corrected chi connectivity index (χ4v) is 2.92. The maximum atomic E-state index is 11.9. The third-order valence-electron chi connectivity index (χ3n) is 3.56. The monoisotopic (exact) mass is 350 g/mol. The highest BCUT2D eigenvalue weighted by Gasteiger charge is 2.19. The van der Waals surface area contributed by atoms with Gasteiger partial charge in [-0.3, -0.25) is 4.79 Å². The van der Waals surface area contributed by atoms with Crippen molar-refractivity contribution in [2.75, 3.05) is 13.1 Å². The Morgan fingerprint density at radius 3 is 2.81 bits per heavy atom. The first-order chi connectivity index (χ1) is 9.66. The van der Waals surface area contributed by atoms with E-state index in [9.17, 15) is 4.79 Å². The number of nitrogens with one attached hydrogen (secondary N) is 2. The van der Waals surface area contributed by atoms with E-state index in [1.54, 1.807) is 6.07 Å². The topological polar surface area (TPSA) is 41.1 Å². The van der Waals surface area contributed by atoms with Gasteiger partial charge in [0.2, 0.25) is 5.91 Å². The van der Waals surface area contributed by atoms with Crippen molar-refractivity contribution in [2.45, 2.75) is 38.1 Å². The summed E-state index contributed by atoms with van der Waals surface area (Å²) in [7, 11) is 0. The molecule has 1 aromatic rings. The summed E-state index contributed by atoms with van der Waals surface area (Å²) in [4.78, 5) is 11.9. The van der Waals surface area contributed by atoms with Gasteiger partial charge in [0, 0.05) is 16.6 Å². The summed E-state index contributed by atoms with van der Waals surface area (Å²) in [5.41, 5.74) is 1.07. The van der Waals surface area contributed by atoms with Crippen LogP contribution >= 0.6 is 35.6 Å². The van der Waals surface area contributed by atoms with E-state index < -0.39 is 0 Å². The van der Waals surface area contributed by atoms with E-state index in [4.69, 9.17) is 23.2 Å². The molecule has 1 heterocycles. The molecule has 0 spiro atoms. The normalized spacial score (nSPS) is 17.9. The van der Waals surface area contributed by atoms with Gasteiger partial charge in [-0.15, -0.1) is 12.4 Å². The summed E-state index contributed by atoms with van der Waals surface area (Å²) >= 11 is 12.0. The number of benzene rings is 1. The number of carbonyl (C=O) groups is 1. The van der Waals surface area contributed by atoms with Crippen LogP contribution in [0.4, 0.5) is 0 Å². The van der Waals surface area contributed by atoms with Crippen molar-refractivity contribution in [3.8, 4) is 0 Å². The molecular weight excluding hydrogens is 331 g/mol.